The van der Waals surface area contributed by atoms with Gasteiger partial charge in [-0.1, -0.05) is 17.3 Å². The van der Waals surface area contributed by atoms with E-state index in [0.717, 1.165) is 38.8 Å². The van der Waals surface area contributed by atoms with Gasteiger partial charge in [0.25, 0.3) is 0 Å². The number of sulfonamides is 1. The van der Waals surface area contributed by atoms with Crippen LogP contribution < -0.4 is 4.74 Å². The number of aromatic nitrogens is 1. The summed E-state index contributed by atoms with van der Waals surface area (Å²) in [6, 6.07) is 6.86. The predicted octanol–water partition coefficient (Wildman–Crippen LogP) is 3.13. The van der Waals surface area contributed by atoms with Crippen molar-refractivity contribution < 1.29 is 22.1 Å². The van der Waals surface area contributed by atoms with Crippen molar-refractivity contribution >= 4 is 10.0 Å². The molecule has 0 radical (unpaired) electrons. The fourth-order valence-corrected chi connectivity index (χ4v) is 6.26. The van der Waals surface area contributed by atoms with E-state index in [4.69, 9.17) is 9.26 Å². The van der Waals surface area contributed by atoms with E-state index in [1.165, 1.54) is 6.07 Å². The zero-order valence-electron chi connectivity index (χ0n) is 17.4. The molecule has 0 atom stereocenters. The average Bonchev–Trinajstić information content (AvgIpc) is 3.09. The van der Waals surface area contributed by atoms with Crippen molar-refractivity contribution in [2.75, 3.05) is 26.2 Å². The minimum atomic E-state index is -3.58. The van der Waals surface area contributed by atoms with Crippen LogP contribution in [0.4, 0.5) is 4.39 Å². The van der Waals surface area contributed by atoms with Gasteiger partial charge in [-0.15, -0.1) is 0 Å². The fourth-order valence-electron chi connectivity index (χ4n) is 4.50. The van der Waals surface area contributed by atoms with E-state index in [1.807, 2.05) is 0 Å². The van der Waals surface area contributed by atoms with Gasteiger partial charge in [0.2, 0.25) is 10.0 Å². The number of rotatable bonds is 5. The van der Waals surface area contributed by atoms with E-state index in [0.29, 0.717) is 36.3 Å². The maximum Gasteiger partial charge on any atom is 0.248 e. The Bertz CT molecular complexity index is 958. The van der Waals surface area contributed by atoms with Crippen LogP contribution in [0.3, 0.4) is 0 Å². The normalized spacial score (nSPS) is 20.5. The largest absolute Gasteiger partial charge is 0.487 e. The molecule has 0 saturated carbocycles. The van der Waals surface area contributed by atoms with Gasteiger partial charge in [-0.2, -0.15) is 4.31 Å². The van der Waals surface area contributed by atoms with E-state index in [-0.39, 0.29) is 16.8 Å². The first kappa shape index (κ1) is 21.3. The van der Waals surface area contributed by atoms with Crippen molar-refractivity contribution in [1.29, 1.82) is 0 Å². The number of benzene rings is 1. The second-order valence-corrected chi connectivity index (χ2v) is 9.95. The lowest BCUT2D eigenvalue weighted by Gasteiger charge is -2.41. The van der Waals surface area contributed by atoms with E-state index >= 15 is 0 Å². The van der Waals surface area contributed by atoms with Crippen LogP contribution in [0.5, 0.6) is 5.75 Å². The van der Waals surface area contributed by atoms with Gasteiger partial charge in [0.15, 0.2) is 17.3 Å². The minimum Gasteiger partial charge on any atom is -0.487 e. The molecule has 0 unspecified atom stereocenters. The van der Waals surface area contributed by atoms with Gasteiger partial charge in [0.05, 0.1) is 0 Å². The van der Waals surface area contributed by atoms with Crippen LogP contribution in [0.1, 0.15) is 37.1 Å². The van der Waals surface area contributed by atoms with Crippen LogP contribution in [0, 0.1) is 19.7 Å². The molecule has 1 aromatic heterocycles. The Morgan fingerprint density at radius 3 is 2.33 bits per heavy atom. The van der Waals surface area contributed by atoms with Crippen molar-refractivity contribution in [2.24, 2.45) is 0 Å². The van der Waals surface area contributed by atoms with Crippen LogP contribution in [0.2, 0.25) is 0 Å². The number of aryl methyl sites for hydroxylation is 2. The molecule has 164 valence electrons. The first-order valence-corrected chi connectivity index (χ1v) is 11.9. The van der Waals surface area contributed by atoms with Crippen molar-refractivity contribution in [1.82, 2.24) is 14.4 Å². The molecule has 9 heteroatoms. The Balaban J connectivity index is 1.30. The third kappa shape index (κ3) is 4.24. The molecule has 0 spiro atoms. The van der Waals surface area contributed by atoms with E-state index in [9.17, 15) is 12.8 Å². The number of hydrogen-bond acceptors (Lipinski definition) is 6. The third-order valence-electron chi connectivity index (χ3n) is 6.11. The molecule has 30 heavy (non-hydrogen) atoms. The van der Waals surface area contributed by atoms with Crippen molar-refractivity contribution in [2.45, 2.75) is 56.6 Å². The molecule has 0 N–H and O–H groups in total. The number of halogens is 1. The average molecular weight is 438 g/mol. The van der Waals surface area contributed by atoms with Gasteiger partial charge in [0.1, 0.15) is 16.7 Å². The number of ether oxygens (including phenoxy) is 1. The van der Waals surface area contributed by atoms with Crippen LogP contribution >= 0.6 is 0 Å². The fraction of sp³-hybridized carbons (Fsp3) is 0.571. The molecule has 0 amide bonds. The SMILES string of the molecule is Cc1noc(C)c1S(=O)(=O)N1CCC(N2CCC(Oc3ccccc3F)CC2)CC1. The lowest BCUT2D eigenvalue weighted by atomic mass is 10.00. The molecule has 2 aliphatic rings. The summed E-state index contributed by atoms with van der Waals surface area (Å²) in [5.74, 6) is 0.326. The van der Waals surface area contributed by atoms with Gasteiger partial charge >= 0.3 is 0 Å². The van der Waals surface area contributed by atoms with E-state index in [1.54, 1.807) is 36.4 Å². The smallest absolute Gasteiger partial charge is 0.248 e. The number of piperidine rings is 2. The second kappa shape index (κ2) is 8.64. The van der Waals surface area contributed by atoms with Gasteiger partial charge in [-0.25, -0.2) is 12.8 Å². The predicted molar refractivity (Wildman–Crippen MR) is 109 cm³/mol. The van der Waals surface area contributed by atoms with Gasteiger partial charge in [0, 0.05) is 32.2 Å². The third-order valence-corrected chi connectivity index (χ3v) is 8.26. The molecule has 2 saturated heterocycles. The Hall–Kier alpha value is -1.97. The molecule has 2 fully saturated rings. The highest BCUT2D eigenvalue weighted by atomic mass is 32.2. The number of hydrogen-bond donors (Lipinski definition) is 0. The highest BCUT2D eigenvalue weighted by Gasteiger charge is 2.36. The van der Waals surface area contributed by atoms with Crippen molar-refractivity contribution in [3.63, 3.8) is 0 Å². The zero-order chi connectivity index (χ0) is 21.3. The van der Waals surface area contributed by atoms with E-state index in [2.05, 4.69) is 10.1 Å². The van der Waals surface area contributed by atoms with Gasteiger partial charge < -0.3 is 14.2 Å². The second-order valence-electron chi connectivity index (χ2n) is 8.07. The molecule has 0 aliphatic carbocycles. The molecule has 4 rings (SSSR count). The summed E-state index contributed by atoms with van der Waals surface area (Å²) in [6.07, 6.45) is 3.28. The van der Waals surface area contributed by atoms with Gasteiger partial charge in [-0.3, -0.25) is 0 Å². The summed E-state index contributed by atoms with van der Waals surface area (Å²) in [4.78, 5) is 2.62. The lowest BCUT2D eigenvalue weighted by Crippen LogP contribution is -2.50. The Morgan fingerprint density at radius 1 is 1.07 bits per heavy atom. The first-order valence-electron chi connectivity index (χ1n) is 10.4. The van der Waals surface area contributed by atoms with Crippen LogP contribution in [-0.2, 0) is 10.0 Å². The minimum absolute atomic E-state index is 0.0122. The maximum atomic E-state index is 13.8. The summed E-state index contributed by atoms with van der Waals surface area (Å²) >= 11 is 0. The van der Waals surface area contributed by atoms with Crippen LogP contribution in [0.25, 0.3) is 0 Å². The monoisotopic (exact) mass is 437 g/mol. The summed E-state index contributed by atoms with van der Waals surface area (Å²) < 4.78 is 52.2. The highest BCUT2D eigenvalue weighted by molar-refractivity contribution is 7.89. The topological polar surface area (TPSA) is 75.9 Å². The Labute approximate surface area is 176 Å². The molecule has 0 bridgehead atoms. The lowest BCUT2D eigenvalue weighted by molar-refractivity contribution is 0.0567. The molecule has 2 aromatic rings. The number of likely N-dealkylation sites (tertiary alicyclic amines) is 1. The molecule has 1 aromatic carbocycles. The summed E-state index contributed by atoms with van der Waals surface area (Å²) in [6.45, 7) is 6.02. The summed E-state index contributed by atoms with van der Waals surface area (Å²) in [5, 5.41) is 3.78. The molecule has 3 heterocycles. The zero-order valence-corrected chi connectivity index (χ0v) is 18.2. The quantitative estimate of drug-likeness (QED) is 0.715. The summed E-state index contributed by atoms with van der Waals surface area (Å²) in [5.41, 5.74) is 0.409. The van der Waals surface area contributed by atoms with Gasteiger partial charge in [-0.05, 0) is 51.7 Å². The first-order chi connectivity index (χ1) is 14.4. The molecule has 2 aliphatic heterocycles. The van der Waals surface area contributed by atoms with Crippen molar-refractivity contribution in [3.8, 4) is 5.75 Å². The number of para-hydroxylation sites is 1. The molecular formula is C21H28FN3O4S. The molecular weight excluding hydrogens is 409 g/mol. The van der Waals surface area contributed by atoms with Crippen molar-refractivity contribution in [3.05, 3.63) is 41.5 Å². The maximum absolute atomic E-state index is 13.8. The molecule has 7 nitrogen and oxygen atoms in total. The highest BCUT2D eigenvalue weighted by Crippen LogP contribution is 2.29. The standard InChI is InChI=1S/C21H28FN3O4S/c1-15-21(16(2)29-23-15)30(26,27)25-13-7-17(8-14-25)24-11-9-18(10-12-24)28-20-6-4-3-5-19(20)22/h3-6,17-18H,7-14H2,1-2H3. The van der Waals surface area contributed by atoms with E-state index < -0.39 is 10.0 Å². The Kier molecular flexibility index (Phi) is 6.13. The number of nitrogens with zero attached hydrogens (tertiary/aromatic N) is 3. The summed E-state index contributed by atoms with van der Waals surface area (Å²) in [7, 11) is -3.58. The van der Waals surface area contributed by atoms with Crippen LogP contribution in [-0.4, -0.2) is 61.1 Å². The van der Waals surface area contributed by atoms with Crippen LogP contribution in [0.15, 0.2) is 33.7 Å². The Morgan fingerprint density at radius 2 is 1.73 bits per heavy atom.